The minimum absolute atomic E-state index is 0.142. The minimum Gasteiger partial charge on any atom is -0.350 e. The molecule has 0 fully saturated rings. The van der Waals surface area contributed by atoms with E-state index in [1.165, 1.54) is 22.7 Å². The zero-order valence-electron chi connectivity index (χ0n) is 12.4. The second-order valence-corrected chi connectivity index (χ2v) is 7.19. The van der Waals surface area contributed by atoms with Crippen LogP contribution in [0, 0.1) is 0 Å². The van der Waals surface area contributed by atoms with Gasteiger partial charge in [-0.3, -0.25) is 14.9 Å². The number of hydrogen-bond donors (Lipinski definition) is 3. The molecule has 0 atom stereocenters. The summed E-state index contributed by atoms with van der Waals surface area (Å²) in [5, 5.41) is 9.65. The number of carbonyl (C=O) groups excluding carboxylic acids is 2. The van der Waals surface area contributed by atoms with Crippen LogP contribution < -0.4 is 16.4 Å². The number of thiazole rings is 1. The highest BCUT2D eigenvalue weighted by atomic mass is 32.1. The Kier molecular flexibility index (Phi) is 5.28. The van der Waals surface area contributed by atoms with Crippen LogP contribution in [0.4, 0.5) is 5.13 Å². The number of anilines is 1. The van der Waals surface area contributed by atoms with Gasteiger partial charge in [-0.25, -0.2) is 4.98 Å². The van der Waals surface area contributed by atoms with E-state index < -0.39 is 5.54 Å². The van der Waals surface area contributed by atoms with E-state index in [1.54, 1.807) is 11.4 Å². The molecule has 2 heterocycles. The zero-order chi connectivity index (χ0) is 16.2. The summed E-state index contributed by atoms with van der Waals surface area (Å²) in [4.78, 5) is 28.7. The molecule has 0 saturated heterocycles. The molecular formula is C14H18N4O2S2. The summed E-state index contributed by atoms with van der Waals surface area (Å²) >= 11 is 2.66. The molecule has 0 aromatic carbocycles. The third kappa shape index (κ3) is 4.62. The van der Waals surface area contributed by atoms with Crippen LogP contribution in [0.25, 0.3) is 0 Å². The summed E-state index contributed by atoms with van der Waals surface area (Å²) in [6.07, 6.45) is 0.162. The Hall–Kier alpha value is -1.77. The molecule has 4 N–H and O–H groups in total. The summed E-state index contributed by atoms with van der Waals surface area (Å²) < 4.78 is 0. The van der Waals surface area contributed by atoms with E-state index in [0.29, 0.717) is 22.2 Å². The van der Waals surface area contributed by atoms with Gasteiger partial charge in [0.25, 0.3) is 5.91 Å². The van der Waals surface area contributed by atoms with Crippen LogP contribution in [-0.2, 0) is 11.2 Å². The number of hydrogen-bond acceptors (Lipinski definition) is 6. The molecule has 0 bridgehead atoms. The largest absolute Gasteiger partial charge is 0.350 e. The van der Waals surface area contributed by atoms with Crippen molar-refractivity contribution in [1.29, 1.82) is 0 Å². The third-order valence-electron chi connectivity index (χ3n) is 2.85. The summed E-state index contributed by atoms with van der Waals surface area (Å²) in [6.45, 7) is 4.08. The number of carbonyl (C=O) groups is 2. The first-order valence-corrected chi connectivity index (χ1v) is 8.46. The molecule has 6 nitrogen and oxygen atoms in total. The number of nitrogens with zero attached hydrogens (tertiary/aromatic N) is 1. The van der Waals surface area contributed by atoms with Crippen LogP contribution in [0.3, 0.4) is 0 Å². The van der Waals surface area contributed by atoms with E-state index in [9.17, 15) is 9.59 Å². The van der Waals surface area contributed by atoms with Gasteiger partial charge in [-0.15, -0.1) is 22.7 Å². The molecule has 0 unspecified atom stereocenters. The van der Waals surface area contributed by atoms with Crippen molar-refractivity contribution in [1.82, 2.24) is 10.3 Å². The Morgan fingerprint density at radius 1 is 1.36 bits per heavy atom. The molecule has 2 amide bonds. The molecule has 2 aromatic rings. The molecule has 2 aromatic heterocycles. The van der Waals surface area contributed by atoms with E-state index in [1.807, 2.05) is 25.3 Å². The SMILES string of the molecule is CC(C)(CN)NC(=O)Cc1csc(NC(=O)c2cccs2)n1. The van der Waals surface area contributed by atoms with Gasteiger partial charge < -0.3 is 11.1 Å². The van der Waals surface area contributed by atoms with Crippen molar-refractivity contribution < 1.29 is 9.59 Å². The lowest BCUT2D eigenvalue weighted by Gasteiger charge is -2.23. The van der Waals surface area contributed by atoms with Gasteiger partial charge in [-0.05, 0) is 25.3 Å². The quantitative estimate of drug-likeness (QED) is 0.749. The lowest BCUT2D eigenvalue weighted by atomic mass is 10.1. The molecule has 0 aliphatic rings. The Labute approximate surface area is 136 Å². The van der Waals surface area contributed by atoms with E-state index >= 15 is 0 Å². The maximum atomic E-state index is 11.9. The van der Waals surface area contributed by atoms with Crippen molar-refractivity contribution in [3.63, 3.8) is 0 Å². The number of thiophene rings is 1. The van der Waals surface area contributed by atoms with E-state index in [2.05, 4.69) is 15.6 Å². The molecule has 0 spiro atoms. The summed E-state index contributed by atoms with van der Waals surface area (Å²) in [6, 6.07) is 3.56. The first-order chi connectivity index (χ1) is 10.4. The number of aromatic nitrogens is 1. The average Bonchev–Trinajstić information content (AvgIpc) is 3.09. The maximum absolute atomic E-state index is 11.9. The van der Waals surface area contributed by atoms with E-state index in [4.69, 9.17) is 5.73 Å². The minimum atomic E-state index is -0.441. The Morgan fingerprint density at radius 2 is 2.14 bits per heavy atom. The topological polar surface area (TPSA) is 97.1 Å². The zero-order valence-corrected chi connectivity index (χ0v) is 14.0. The highest BCUT2D eigenvalue weighted by Gasteiger charge is 2.19. The second kappa shape index (κ2) is 6.99. The number of rotatable bonds is 6. The van der Waals surface area contributed by atoms with Gasteiger partial charge in [-0.2, -0.15) is 0 Å². The van der Waals surface area contributed by atoms with E-state index in [-0.39, 0.29) is 18.2 Å². The van der Waals surface area contributed by atoms with Crippen molar-refractivity contribution in [2.24, 2.45) is 5.73 Å². The fourth-order valence-electron chi connectivity index (χ4n) is 1.65. The van der Waals surface area contributed by atoms with Crippen molar-refractivity contribution in [3.8, 4) is 0 Å². The van der Waals surface area contributed by atoms with E-state index in [0.717, 1.165) is 0 Å². The molecule has 8 heteroatoms. The Balaban J connectivity index is 1.91. The normalized spacial score (nSPS) is 11.2. The molecule has 0 radical (unpaired) electrons. The lowest BCUT2D eigenvalue weighted by Crippen LogP contribution is -2.49. The molecule has 118 valence electrons. The van der Waals surface area contributed by atoms with Gasteiger partial charge in [-0.1, -0.05) is 6.07 Å². The van der Waals surface area contributed by atoms with Crippen molar-refractivity contribution in [2.75, 3.05) is 11.9 Å². The van der Waals surface area contributed by atoms with Crippen LogP contribution in [0.15, 0.2) is 22.9 Å². The van der Waals surface area contributed by atoms with Crippen LogP contribution in [-0.4, -0.2) is 28.9 Å². The predicted octanol–water partition coefficient (Wildman–Crippen LogP) is 1.85. The number of amides is 2. The molecule has 0 aliphatic heterocycles. The molecule has 22 heavy (non-hydrogen) atoms. The third-order valence-corrected chi connectivity index (χ3v) is 4.52. The number of nitrogens with two attached hydrogens (primary N) is 1. The van der Waals surface area contributed by atoms with Gasteiger partial charge in [0, 0.05) is 17.5 Å². The van der Waals surface area contributed by atoms with Gasteiger partial charge in [0.15, 0.2) is 5.13 Å². The smallest absolute Gasteiger partial charge is 0.267 e. The first kappa shape index (κ1) is 16.6. The summed E-state index contributed by atoms with van der Waals surface area (Å²) in [7, 11) is 0. The maximum Gasteiger partial charge on any atom is 0.267 e. The Morgan fingerprint density at radius 3 is 2.77 bits per heavy atom. The van der Waals surface area contributed by atoms with Crippen molar-refractivity contribution >= 4 is 39.6 Å². The summed E-state index contributed by atoms with van der Waals surface area (Å²) in [5.74, 6) is -0.332. The fraction of sp³-hybridized carbons (Fsp3) is 0.357. The van der Waals surface area contributed by atoms with Crippen LogP contribution >= 0.6 is 22.7 Å². The molecule has 0 aliphatic carbocycles. The monoisotopic (exact) mass is 338 g/mol. The molecular weight excluding hydrogens is 320 g/mol. The van der Waals surface area contributed by atoms with Crippen LogP contribution in [0.5, 0.6) is 0 Å². The predicted molar refractivity (Wildman–Crippen MR) is 89.4 cm³/mol. The molecule has 0 saturated carbocycles. The van der Waals surface area contributed by atoms with Gasteiger partial charge >= 0.3 is 0 Å². The van der Waals surface area contributed by atoms with Crippen LogP contribution in [0.1, 0.15) is 29.2 Å². The standard InChI is InChI=1S/C14H18N4O2S2/c1-14(2,8-15)18-11(19)6-9-7-22-13(16-9)17-12(20)10-4-3-5-21-10/h3-5,7H,6,8,15H2,1-2H3,(H,18,19)(H,16,17,20). The lowest BCUT2D eigenvalue weighted by molar-refractivity contribution is -0.121. The molecule has 2 rings (SSSR count). The second-order valence-electron chi connectivity index (χ2n) is 5.39. The highest BCUT2D eigenvalue weighted by Crippen LogP contribution is 2.18. The highest BCUT2D eigenvalue weighted by molar-refractivity contribution is 7.14. The summed E-state index contributed by atoms with van der Waals surface area (Å²) in [5.41, 5.74) is 5.76. The van der Waals surface area contributed by atoms with Gasteiger partial charge in [0.2, 0.25) is 5.91 Å². The van der Waals surface area contributed by atoms with Crippen molar-refractivity contribution in [2.45, 2.75) is 25.8 Å². The van der Waals surface area contributed by atoms with Crippen LogP contribution in [0.2, 0.25) is 0 Å². The average molecular weight is 338 g/mol. The Bertz CT molecular complexity index is 650. The van der Waals surface area contributed by atoms with Crippen molar-refractivity contribution in [3.05, 3.63) is 33.5 Å². The number of nitrogens with one attached hydrogen (secondary N) is 2. The fourth-order valence-corrected chi connectivity index (χ4v) is 2.97. The first-order valence-electron chi connectivity index (χ1n) is 6.70. The van der Waals surface area contributed by atoms with Gasteiger partial charge in [0.05, 0.1) is 17.0 Å². The van der Waals surface area contributed by atoms with Gasteiger partial charge in [0.1, 0.15) is 0 Å².